The first kappa shape index (κ1) is 19.5. The molecule has 23 heavy (non-hydrogen) atoms. The number of nitrogens with one attached hydrogen (secondary N) is 3. The summed E-state index contributed by atoms with van der Waals surface area (Å²) in [5.74, 6) is 0.192. The number of nitrogens with zero attached hydrogens (tertiary/aromatic N) is 1. The fourth-order valence-corrected chi connectivity index (χ4v) is 2.05. The predicted octanol–water partition coefficient (Wildman–Crippen LogP) is 2.33. The van der Waals surface area contributed by atoms with Crippen molar-refractivity contribution in [2.45, 2.75) is 9.96 Å². The molecule has 1 aromatic rings. The minimum absolute atomic E-state index is 0.00262. The summed E-state index contributed by atoms with van der Waals surface area (Å²) in [6.45, 7) is 0. The quantitative estimate of drug-likeness (QED) is 0.168. The van der Waals surface area contributed by atoms with Gasteiger partial charge in [0, 0.05) is 6.07 Å². The number of thiocarbonyl (C=S) groups is 1. The molecule has 0 heterocycles. The van der Waals surface area contributed by atoms with Crippen LogP contribution in [-0.4, -0.2) is 33.5 Å². The van der Waals surface area contributed by atoms with Crippen molar-refractivity contribution >= 4 is 69.9 Å². The molecule has 1 rings (SSSR count). The summed E-state index contributed by atoms with van der Waals surface area (Å²) in [6, 6.07) is 3.90. The van der Waals surface area contributed by atoms with Crippen LogP contribution in [0.15, 0.2) is 18.2 Å². The molecule has 0 aromatic heterocycles. The Morgan fingerprint density at radius 3 is 2.61 bits per heavy atom. The van der Waals surface area contributed by atoms with Crippen molar-refractivity contribution in [2.24, 2.45) is 0 Å². The smallest absolute Gasteiger partial charge is 0.273 e. The Morgan fingerprint density at radius 1 is 1.48 bits per heavy atom. The van der Waals surface area contributed by atoms with E-state index in [1.54, 1.807) is 0 Å². The molecule has 0 saturated heterocycles. The van der Waals surface area contributed by atoms with Gasteiger partial charge in [0.15, 0.2) is 5.11 Å². The number of ether oxygens (including phenoxy) is 1. The van der Waals surface area contributed by atoms with E-state index < -0.39 is 14.9 Å². The number of non-ortho nitro benzene ring substituents is 1. The van der Waals surface area contributed by atoms with Crippen LogP contribution in [-0.2, 0) is 4.79 Å². The van der Waals surface area contributed by atoms with Crippen molar-refractivity contribution in [3.8, 4) is 5.75 Å². The molecular weight excluding hydrogens is 391 g/mol. The summed E-state index contributed by atoms with van der Waals surface area (Å²) in [7, 11) is 1.35. The monoisotopic (exact) mass is 400 g/mol. The summed E-state index contributed by atoms with van der Waals surface area (Å²) in [4.78, 5) is 20.7. The number of hydrogen-bond donors (Lipinski definition) is 3. The summed E-state index contributed by atoms with van der Waals surface area (Å²) in [5.41, 5.74) is 0.206. The number of amides is 1. The molecule has 1 aromatic carbocycles. The minimum atomic E-state index is -1.85. The molecule has 3 N–H and O–H groups in total. The maximum atomic E-state index is 10.7. The zero-order valence-electron chi connectivity index (χ0n) is 11.5. The second kappa shape index (κ2) is 8.34. The van der Waals surface area contributed by atoms with Gasteiger partial charge in [0.1, 0.15) is 11.9 Å². The highest BCUT2D eigenvalue weighted by molar-refractivity contribution is 7.80. The first-order chi connectivity index (χ1) is 10.7. The topological polar surface area (TPSA) is 106 Å². The first-order valence-corrected chi connectivity index (χ1v) is 7.39. The fraction of sp³-hybridized carbons (Fsp3) is 0.273. The van der Waals surface area contributed by atoms with Crippen LogP contribution in [0.1, 0.15) is 0 Å². The van der Waals surface area contributed by atoms with Gasteiger partial charge in [0.25, 0.3) is 5.69 Å². The van der Waals surface area contributed by atoms with E-state index in [2.05, 4.69) is 16.0 Å². The number of methoxy groups -OCH3 is 1. The second-order valence-corrected chi connectivity index (χ2v) is 6.78. The average molecular weight is 402 g/mol. The fourth-order valence-electron chi connectivity index (χ4n) is 1.47. The number of hydrogen-bond acceptors (Lipinski definition) is 5. The maximum Gasteiger partial charge on any atom is 0.273 e. The van der Waals surface area contributed by atoms with Crippen LogP contribution in [0.25, 0.3) is 0 Å². The van der Waals surface area contributed by atoms with E-state index in [0.717, 1.165) is 0 Å². The number of rotatable bonds is 6. The van der Waals surface area contributed by atoms with Crippen LogP contribution in [0.2, 0.25) is 0 Å². The van der Waals surface area contributed by atoms with E-state index in [1.807, 2.05) is 0 Å². The molecule has 0 saturated carbocycles. The lowest BCUT2D eigenvalue weighted by atomic mass is 10.2. The Balaban J connectivity index is 2.88. The molecule has 8 nitrogen and oxygen atoms in total. The molecule has 0 bridgehead atoms. The normalized spacial score (nSPS) is 12.0. The third-order valence-corrected chi connectivity index (χ3v) is 3.36. The average Bonchev–Trinajstić information content (AvgIpc) is 2.46. The number of nitro groups is 1. The molecule has 0 aliphatic carbocycles. The van der Waals surface area contributed by atoms with Gasteiger partial charge < -0.3 is 20.7 Å². The lowest BCUT2D eigenvalue weighted by Crippen LogP contribution is -2.53. The highest BCUT2D eigenvalue weighted by Crippen LogP contribution is 2.30. The van der Waals surface area contributed by atoms with Gasteiger partial charge in [0.2, 0.25) is 10.2 Å². The van der Waals surface area contributed by atoms with Crippen LogP contribution in [0.3, 0.4) is 0 Å². The van der Waals surface area contributed by atoms with Crippen LogP contribution in [0.5, 0.6) is 5.75 Å². The number of anilines is 1. The molecule has 0 aliphatic heterocycles. The van der Waals surface area contributed by atoms with Gasteiger partial charge in [-0.2, -0.15) is 0 Å². The summed E-state index contributed by atoms with van der Waals surface area (Å²) in [5, 5.41) is 18.3. The third kappa shape index (κ3) is 5.87. The van der Waals surface area contributed by atoms with E-state index in [-0.39, 0.29) is 16.5 Å². The lowest BCUT2D eigenvalue weighted by Gasteiger charge is -2.26. The van der Waals surface area contributed by atoms with Gasteiger partial charge in [0.05, 0.1) is 23.8 Å². The molecule has 12 heteroatoms. The Labute approximate surface area is 151 Å². The zero-order valence-corrected chi connectivity index (χ0v) is 14.6. The predicted molar refractivity (Wildman–Crippen MR) is 92.3 cm³/mol. The van der Waals surface area contributed by atoms with Crippen molar-refractivity contribution in [2.75, 3.05) is 12.4 Å². The third-order valence-electron chi connectivity index (χ3n) is 2.48. The SMILES string of the molecule is COc1cc([N+](=O)[O-])ccc1NC(=S)NC(NC=O)C(Cl)(Cl)Cl. The summed E-state index contributed by atoms with van der Waals surface area (Å²) in [6.07, 6.45) is -0.747. The van der Waals surface area contributed by atoms with E-state index in [9.17, 15) is 14.9 Å². The van der Waals surface area contributed by atoms with E-state index >= 15 is 0 Å². The second-order valence-electron chi connectivity index (χ2n) is 4.00. The summed E-state index contributed by atoms with van der Waals surface area (Å²) < 4.78 is 3.20. The Hall–Kier alpha value is -1.55. The molecule has 126 valence electrons. The molecule has 1 unspecified atom stereocenters. The van der Waals surface area contributed by atoms with E-state index in [1.165, 1.54) is 25.3 Å². The van der Waals surface area contributed by atoms with Gasteiger partial charge in [-0.25, -0.2) is 0 Å². The highest BCUT2D eigenvalue weighted by Gasteiger charge is 2.33. The van der Waals surface area contributed by atoms with Gasteiger partial charge in [-0.15, -0.1) is 0 Å². The van der Waals surface area contributed by atoms with Crippen molar-refractivity contribution in [1.29, 1.82) is 0 Å². The Bertz CT molecular complexity index is 611. The zero-order chi connectivity index (χ0) is 17.6. The summed E-state index contributed by atoms with van der Waals surface area (Å²) >= 11 is 22.1. The van der Waals surface area contributed by atoms with Crippen LogP contribution in [0, 0.1) is 10.1 Å². The maximum absolute atomic E-state index is 10.7. The molecule has 0 aliphatic rings. The Morgan fingerprint density at radius 2 is 2.13 bits per heavy atom. The van der Waals surface area contributed by atoms with Gasteiger partial charge in [-0.3, -0.25) is 14.9 Å². The van der Waals surface area contributed by atoms with Gasteiger partial charge in [-0.1, -0.05) is 34.8 Å². The molecule has 0 spiro atoms. The molecule has 1 atom stereocenters. The molecule has 1 amide bonds. The molecule has 0 radical (unpaired) electrons. The van der Waals surface area contributed by atoms with Crippen molar-refractivity contribution in [3.63, 3.8) is 0 Å². The number of benzene rings is 1. The Kier molecular flexibility index (Phi) is 7.07. The number of alkyl halides is 3. The highest BCUT2D eigenvalue weighted by atomic mass is 35.6. The first-order valence-electron chi connectivity index (χ1n) is 5.85. The van der Waals surface area contributed by atoms with E-state index in [0.29, 0.717) is 12.1 Å². The van der Waals surface area contributed by atoms with Crippen molar-refractivity contribution in [1.82, 2.24) is 10.6 Å². The number of nitro benzene ring substituents is 1. The van der Waals surface area contributed by atoms with E-state index in [4.69, 9.17) is 51.8 Å². The number of carbonyl (C=O) groups excluding carboxylic acids is 1. The largest absolute Gasteiger partial charge is 0.494 e. The minimum Gasteiger partial charge on any atom is -0.494 e. The number of halogens is 3. The van der Waals surface area contributed by atoms with Crippen LogP contribution in [0.4, 0.5) is 11.4 Å². The standard InChI is InChI=1S/C11H11Cl3N4O4S/c1-22-8-4-6(18(20)21)2-3-7(8)16-10(23)17-9(15-5-19)11(12,13)14/h2-5,9H,1H3,(H,15,19)(H2,16,17,23). The lowest BCUT2D eigenvalue weighted by molar-refractivity contribution is -0.384. The van der Waals surface area contributed by atoms with Crippen molar-refractivity contribution < 1.29 is 14.5 Å². The van der Waals surface area contributed by atoms with Crippen LogP contribution < -0.4 is 20.7 Å². The molecule has 0 fully saturated rings. The van der Waals surface area contributed by atoms with Gasteiger partial charge in [-0.05, 0) is 18.3 Å². The number of carbonyl (C=O) groups is 1. The molecular formula is C11H11Cl3N4O4S. The van der Waals surface area contributed by atoms with Crippen molar-refractivity contribution in [3.05, 3.63) is 28.3 Å². The van der Waals surface area contributed by atoms with Gasteiger partial charge >= 0.3 is 0 Å². The van der Waals surface area contributed by atoms with Crippen LogP contribution >= 0.6 is 47.0 Å².